The molecule has 1 aliphatic heterocycles. The molecule has 1 fully saturated rings. The third kappa shape index (κ3) is 7.53. The van der Waals surface area contributed by atoms with Crippen LogP contribution in [0.15, 0.2) is 30.3 Å². The van der Waals surface area contributed by atoms with Crippen molar-refractivity contribution in [1.82, 2.24) is 20.0 Å². The van der Waals surface area contributed by atoms with Crippen molar-refractivity contribution in [3.8, 4) is 0 Å². The molecule has 36 heavy (non-hydrogen) atoms. The van der Waals surface area contributed by atoms with E-state index in [-0.39, 0.29) is 12.7 Å². The summed E-state index contributed by atoms with van der Waals surface area (Å²) in [4.78, 5) is 28.7. The van der Waals surface area contributed by atoms with E-state index < -0.39 is 17.2 Å². The van der Waals surface area contributed by atoms with E-state index in [2.05, 4.69) is 15.5 Å². The third-order valence-corrected chi connectivity index (χ3v) is 5.91. The van der Waals surface area contributed by atoms with Gasteiger partial charge in [0.05, 0.1) is 11.2 Å². The van der Waals surface area contributed by atoms with Gasteiger partial charge in [0, 0.05) is 39.8 Å². The van der Waals surface area contributed by atoms with Crippen LogP contribution in [0.4, 0.5) is 21.1 Å². The van der Waals surface area contributed by atoms with E-state index in [1.54, 1.807) is 4.90 Å². The molecule has 198 valence electrons. The molecule has 0 bridgehead atoms. The molecule has 10 heteroatoms. The SMILES string of the molecule is Cc1c(NCC(C)(C)NC(=O)OCc2ccccc2)c(N2CCN(C(=O)OC(C)(C)C)CC2)nn1C. The first-order valence-corrected chi connectivity index (χ1v) is 12.3. The zero-order valence-corrected chi connectivity index (χ0v) is 22.6. The highest BCUT2D eigenvalue weighted by molar-refractivity contribution is 5.72. The van der Waals surface area contributed by atoms with E-state index in [0.29, 0.717) is 32.7 Å². The van der Waals surface area contributed by atoms with E-state index >= 15 is 0 Å². The number of amides is 2. The Bertz CT molecular complexity index is 1040. The average molecular weight is 501 g/mol. The maximum Gasteiger partial charge on any atom is 0.410 e. The van der Waals surface area contributed by atoms with Crippen molar-refractivity contribution < 1.29 is 19.1 Å². The summed E-state index contributed by atoms with van der Waals surface area (Å²) >= 11 is 0. The number of hydrogen-bond acceptors (Lipinski definition) is 7. The van der Waals surface area contributed by atoms with Crippen molar-refractivity contribution in [1.29, 1.82) is 0 Å². The number of rotatable bonds is 7. The van der Waals surface area contributed by atoms with E-state index in [1.165, 1.54) is 0 Å². The number of nitrogens with zero attached hydrogens (tertiary/aromatic N) is 4. The lowest BCUT2D eigenvalue weighted by Gasteiger charge is -2.36. The van der Waals surface area contributed by atoms with Crippen molar-refractivity contribution in [2.75, 3.05) is 42.9 Å². The Balaban J connectivity index is 1.57. The van der Waals surface area contributed by atoms with Crippen molar-refractivity contribution in [3.63, 3.8) is 0 Å². The molecule has 2 N–H and O–H groups in total. The van der Waals surface area contributed by atoms with Crippen LogP contribution in [0.2, 0.25) is 0 Å². The van der Waals surface area contributed by atoms with Gasteiger partial charge in [-0.05, 0) is 47.1 Å². The van der Waals surface area contributed by atoms with Gasteiger partial charge in [0.25, 0.3) is 0 Å². The van der Waals surface area contributed by atoms with Gasteiger partial charge in [-0.15, -0.1) is 0 Å². The molecule has 1 saturated heterocycles. The largest absolute Gasteiger partial charge is 0.445 e. The second kappa shape index (κ2) is 11.1. The molecule has 0 aliphatic carbocycles. The Morgan fingerprint density at radius 1 is 1.03 bits per heavy atom. The Morgan fingerprint density at radius 3 is 2.28 bits per heavy atom. The molecule has 0 spiro atoms. The maximum atomic E-state index is 12.4. The quantitative estimate of drug-likeness (QED) is 0.595. The highest BCUT2D eigenvalue weighted by Gasteiger charge is 2.29. The van der Waals surface area contributed by atoms with Crippen LogP contribution in [0.5, 0.6) is 0 Å². The maximum absolute atomic E-state index is 12.4. The first-order chi connectivity index (χ1) is 16.8. The topological polar surface area (TPSA) is 101 Å². The van der Waals surface area contributed by atoms with Gasteiger partial charge in [-0.2, -0.15) is 5.10 Å². The molecule has 1 aromatic heterocycles. The summed E-state index contributed by atoms with van der Waals surface area (Å²) in [5.74, 6) is 0.835. The second-order valence-corrected chi connectivity index (χ2v) is 10.8. The molecule has 2 heterocycles. The van der Waals surface area contributed by atoms with Crippen molar-refractivity contribution in [3.05, 3.63) is 41.6 Å². The van der Waals surface area contributed by atoms with Gasteiger partial charge in [0.2, 0.25) is 0 Å². The number of anilines is 2. The van der Waals surface area contributed by atoms with Crippen LogP contribution < -0.4 is 15.5 Å². The predicted molar refractivity (Wildman–Crippen MR) is 140 cm³/mol. The first kappa shape index (κ1) is 27.2. The van der Waals surface area contributed by atoms with Crippen LogP contribution in [0.1, 0.15) is 45.9 Å². The zero-order valence-electron chi connectivity index (χ0n) is 22.6. The summed E-state index contributed by atoms with van der Waals surface area (Å²) in [5, 5.41) is 11.1. The molecule has 2 aromatic rings. The smallest absolute Gasteiger partial charge is 0.410 e. The van der Waals surface area contributed by atoms with E-state index in [4.69, 9.17) is 14.6 Å². The lowest BCUT2D eigenvalue weighted by atomic mass is 10.1. The highest BCUT2D eigenvalue weighted by Crippen LogP contribution is 2.29. The number of aromatic nitrogens is 2. The Kier molecular flexibility index (Phi) is 8.37. The summed E-state index contributed by atoms with van der Waals surface area (Å²) < 4.78 is 12.7. The number of alkyl carbamates (subject to hydrolysis) is 1. The monoisotopic (exact) mass is 500 g/mol. The number of piperazine rings is 1. The van der Waals surface area contributed by atoms with Crippen molar-refractivity contribution >= 4 is 23.7 Å². The molecule has 0 saturated carbocycles. The van der Waals surface area contributed by atoms with E-state index in [0.717, 1.165) is 22.8 Å². The van der Waals surface area contributed by atoms with Gasteiger partial charge in [0.1, 0.15) is 17.9 Å². The molecule has 0 atom stereocenters. The van der Waals surface area contributed by atoms with Crippen LogP contribution in [0.3, 0.4) is 0 Å². The fourth-order valence-electron chi connectivity index (χ4n) is 3.84. The molecule has 1 aromatic carbocycles. The highest BCUT2D eigenvalue weighted by atomic mass is 16.6. The molecular formula is C26H40N6O4. The van der Waals surface area contributed by atoms with E-state index in [9.17, 15) is 9.59 Å². The van der Waals surface area contributed by atoms with Crippen LogP contribution in [-0.2, 0) is 23.1 Å². The fourth-order valence-corrected chi connectivity index (χ4v) is 3.84. The number of benzene rings is 1. The minimum atomic E-state index is -0.567. The lowest BCUT2D eigenvalue weighted by Crippen LogP contribution is -2.50. The Morgan fingerprint density at radius 2 is 1.67 bits per heavy atom. The number of carbonyl (C=O) groups is 2. The van der Waals surface area contributed by atoms with Crippen molar-refractivity contribution in [2.24, 2.45) is 7.05 Å². The summed E-state index contributed by atoms with van der Waals surface area (Å²) in [6.45, 7) is 14.6. The van der Waals surface area contributed by atoms with Crippen LogP contribution in [0.25, 0.3) is 0 Å². The van der Waals surface area contributed by atoms with Gasteiger partial charge in [-0.1, -0.05) is 30.3 Å². The van der Waals surface area contributed by atoms with Gasteiger partial charge < -0.3 is 29.9 Å². The third-order valence-electron chi connectivity index (χ3n) is 5.91. The molecule has 0 radical (unpaired) electrons. The molecule has 2 amide bonds. The number of carbonyl (C=O) groups excluding carboxylic acids is 2. The van der Waals surface area contributed by atoms with Crippen LogP contribution >= 0.6 is 0 Å². The van der Waals surface area contributed by atoms with Crippen LogP contribution in [-0.4, -0.2) is 70.7 Å². The van der Waals surface area contributed by atoms with Gasteiger partial charge >= 0.3 is 12.2 Å². The number of nitrogens with one attached hydrogen (secondary N) is 2. The molecule has 1 aliphatic rings. The average Bonchev–Trinajstić information content (AvgIpc) is 3.09. The molecule has 3 rings (SSSR count). The fraction of sp³-hybridized carbons (Fsp3) is 0.577. The first-order valence-electron chi connectivity index (χ1n) is 12.3. The van der Waals surface area contributed by atoms with Crippen molar-refractivity contribution in [2.45, 2.75) is 59.3 Å². The predicted octanol–water partition coefficient (Wildman–Crippen LogP) is 3.90. The Hall–Kier alpha value is -3.43. The summed E-state index contributed by atoms with van der Waals surface area (Å²) in [6, 6.07) is 9.58. The lowest BCUT2D eigenvalue weighted by molar-refractivity contribution is 0.0240. The van der Waals surface area contributed by atoms with E-state index in [1.807, 2.05) is 83.6 Å². The standard InChI is InChI=1S/C26H40N6O4/c1-19-21(27-18-26(5,6)28-23(33)35-17-20-11-9-8-10-12-20)22(29-30(19)7)31-13-15-32(16-14-31)24(34)36-25(2,3)4/h8-12,27H,13-18H2,1-7H3,(H,28,33). The van der Waals surface area contributed by atoms with Gasteiger partial charge in [0.15, 0.2) is 5.82 Å². The summed E-state index contributed by atoms with van der Waals surface area (Å²) in [7, 11) is 1.91. The zero-order chi connectivity index (χ0) is 26.5. The number of ether oxygens (including phenoxy) is 2. The normalized spacial score (nSPS) is 14.4. The minimum Gasteiger partial charge on any atom is -0.445 e. The molecular weight excluding hydrogens is 460 g/mol. The summed E-state index contributed by atoms with van der Waals surface area (Å²) in [5.41, 5.74) is 1.75. The molecule has 0 unspecified atom stereocenters. The van der Waals surface area contributed by atoms with Crippen LogP contribution in [0, 0.1) is 6.92 Å². The van der Waals surface area contributed by atoms with Gasteiger partial charge in [-0.25, -0.2) is 9.59 Å². The number of aryl methyl sites for hydroxylation is 1. The second-order valence-electron chi connectivity index (χ2n) is 10.8. The Labute approximate surface area is 213 Å². The van der Waals surface area contributed by atoms with Gasteiger partial charge in [-0.3, -0.25) is 4.68 Å². The number of hydrogen-bond donors (Lipinski definition) is 2. The summed E-state index contributed by atoms with van der Waals surface area (Å²) in [6.07, 6.45) is -0.753. The minimum absolute atomic E-state index is 0.220. The molecule has 10 nitrogen and oxygen atoms in total.